The van der Waals surface area contributed by atoms with Crippen LogP contribution in [0.4, 0.5) is 0 Å². The minimum absolute atomic E-state index is 0.325. The van der Waals surface area contributed by atoms with E-state index in [9.17, 15) is 0 Å². The molecule has 2 rings (SSSR count). The van der Waals surface area contributed by atoms with E-state index in [2.05, 4.69) is 48.4 Å². The molecular formula is C15H21N3O2. The molecule has 1 aromatic carbocycles. The third-order valence-electron chi connectivity index (χ3n) is 3.01. The zero-order chi connectivity index (χ0) is 14.5. The summed E-state index contributed by atoms with van der Waals surface area (Å²) in [5.41, 5.74) is 3.51. The minimum Gasteiger partial charge on any atom is -0.485 e. The second-order valence-electron chi connectivity index (χ2n) is 4.86. The first-order valence-electron chi connectivity index (χ1n) is 6.83. The van der Waals surface area contributed by atoms with Gasteiger partial charge in [0.1, 0.15) is 5.75 Å². The van der Waals surface area contributed by atoms with E-state index in [1.807, 2.05) is 0 Å². The van der Waals surface area contributed by atoms with Crippen LogP contribution in [0, 0.1) is 20.8 Å². The van der Waals surface area contributed by atoms with Crippen LogP contribution < -0.4 is 10.1 Å². The Morgan fingerprint density at radius 3 is 2.45 bits per heavy atom. The molecule has 108 valence electrons. The Bertz CT molecular complexity index is 555. The minimum atomic E-state index is 0.325. The number of benzene rings is 1. The van der Waals surface area contributed by atoms with Gasteiger partial charge in [0.2, 0.25) is 11.7 Å². The van der Waals surface area contributed by atoms with Gasteiger partial charge in [-0.1, -0.05) is 24.2 Å². The summed E-state index contributed by atoms with van der Waals surface area (Å²) in [6.07, 6.45) is 0. The molecule has 0 aliphatic heterocycles. The van der Waals surface area contributed by atoms with E-state index < -0.39 is 0 Å². The molecule has 0 aliphatic carbocycles. The molecule has 1 N–H and O–H groups in total. The van der Waals surface area contributed by atoms with E-state index in [1.54, 1.807) is 6.92 Å². The Labute approximate surface area is 119 Å². The largest absolute Gasteiger partial charge is 0.485 e. The maximum absolute atomic E-state index is 5.82. The van der Waals surface area contributed by atoms with Crippen LogP contribution in [-0.4, -0.2) is 16.7 Å². The van der Waals surface area contributed by atoms with Crippen molar-refractivity contribution in [3.8, 4) is 5.75 Å². The molecule has 0 saturated carbocycles. The molecule has 2 aromatic rings. The van der Waals surface area contributed by atoms with Crippen LogP contribution >= 0.6 is 0 Å². The molecule has 0 spiro atoms. The highest BCUT2D eigenvalue weighted by Gasteiger charge is 2.09. The molecule has 5 nitrogen and oxygen atoms in total. The van der Waals surface area contributed by atoms with Gasteiger partial charge >= 0.3 is 0 Å². The lowest BCUT2D eigenvalue weighted by Gasteiger charge is -2.13. The normalized spacial score (nSPS) is 10.8. The lowest BCUT2D eigenvalue weighted by Crippen LogP contribution is -2.12. The summed E-state index contributed by atoms with van der Waals surface area (Å²) in [7, 11) is 0. The van der Waals surface area contributed by atoms with Crippen molar-refractivity contribution in [3.05, 3.63) is 40.5 Å². The summed E-state index contributed by atoms with van der Waals surface area (Å²) < 4.78 is 10.7. The van der Waals surface area contributed by atoms with Gasteiger partial charge in [0.05, 0.1) is 0 Å². The van der Waals surface area contributed by atoms with Crippen molar-refractivity contribution in [2.24, 2.45) is 0 Å². The molecule has 0 radical (unpaired) electrons. The first kappa shape index (κ1) is 14.5. The number of ether oxygens (including phenoxy) is 1. The molecule has 0 saturated heterocycles. The average molecular weight is 275 g/mol. The number of hydrogen-bond donors (Lipinski definition) is 1. The number of rotatable bonds is 6. The van der Waals surface area contributed by atoms with Crippen molar-refractivity contribution in [3.63, 3.8) is 0 Å². The van der Waals surface area contributed by atoms with Gasteiger partial charge in [-0.3, -0.25) is 0 Å². The fourth-order valence-corrected chi connectivity index (χ4v) is 2.18. The third-order valence-corrected chi connectivity index (χ3v) is 3.01. The van der Waals surface area contributed by atoms with Crippen molar-refractivity contribution < 1.29 is 9.26 Å². The van der Waals surface area contributed by atoms with Gasteiger partial charge in [0.25, 0.3) is 0 Å². The maximum Gasteiger partial charge on any atom is 0.223 e. The van der Waals surface area contributed by atoms with Crippen molar-refractivity contribution in [2.45, 2.75) is 40.8 Å². The fourth-order valence-electron chi connectivity index (χ4n) is 2.18. The van der Waals surface area contributed by atoms with E-state index in [-0.39, 0.29) is 0 Å². The standard InChI is InChI=1S/C15H21N3O2/c1-5-16-8-13-6-10(2)15(11(3)7-13)19-9-14-17-12(4)20-18-14/h6-7,16H,5,8-9H2,1-4H3. The SMILES string of the molecule is CCNCc1cc(C)c(OCc2noc(C)n2)c(C)c1. The van der Waals surface area contributed by atoms with Gasteiger partial charge in [-0.05, 0) is 37.1 Å². The van der Waals surface area contributed by atoms with Crippen LogP contribution in [0.25, 0.3) is 0 Å². The zero-order valence-electron chi connectivity index (χ0n) is 12.5. The summed E-state index contributed by atoms with van der Waals surface area (Å²) in [4.78, 5) is 4.13. The summed E-state index contributed by atoms with van der Waals surface area (Å²) >= 11 is 0. The van der Waals surface area contributed by atoms with Crippen molar-refractivity contribution >= 4 is 0 Å². The Hall–Kier alpha value is -1.88. The lowest BCUT2D eigenvalue weighted by atomic mass is 10.1. The number of nitrogens with one attached hydrogen (secondary N) is 1. The smallest absolute Gasteiger partial charge is 0.223 e. The molecular weight excluding hydrogens is 254 g/mol. The number of nitrogens with zero attached hydrogens (tertiary/aromatic N) is 2. The van der Waals surface area contributed by atoms with Crippen molar-refractivity contribution in [1.82, 2.24) is 15.5 Å². The molecule has 1 heterocycles. The van der Waals surface area contributed by atoms with Gasteiger partial charge in [0.15, 0.2) is 6.61 Å². The molecule has 0 unspecified atom stereocenters. The van der Waals surface area contributed by atoms with E-state index in [0.717, 1.165) is 30.0 Å². The van der Waals surface area contributed by atoms with Crippen LogP contribution in [0.2, 0.25) is 0 Å². The highest BCUT2D eigenvalue weighted by molar-refractivity contribution is 5.43. The highest BCUT2D eigenvalue weighted by Crippen LogP contribution is 2.25. The topological polar surface area (TPSA) is 60.2 Å². The maximum atomic E-state index is 5.82. The molecule has 0 amide bonds. The quantitative estimate of drug-likeness (QED) is 0.878. The number of hydrogen-bond acceptors (Lipinski definition) is 5. The molecule has 1 aromatic heterocycles. The van der Waals surface area contributed by atoms with Gasteiger partial charge < -0.3 is 14.6 Å². The van der Waals surface area contributed by atoms with Gasteiger partial charge in [-0.2, -0.15) is 4.98 Å². The molecule has 5 heteroatoms. The third kappa shape index (κ3) is 3.57. The van der Waals surface area contributed by atoms with Crippen LogP contribution in [0.3, 0.4) is 0 Å². The zero-order valence-corrected chi connectivity index (χ0v) is 12.5. The van der Waals surface area contributed by atoms with Crippen LogP contribution in [0.15, 0.2) is 16.7 Å². The average Bonchev–Trinajstić information content (AvgIpc) is 2.81. The predicted octanol–water partition coefficient (Wildman–Crippen LogP) is 2.68. The predicted molar refractivity (Wildman–Crippen MR) is 76.7 cm³/mol. The first-order chi connectivity index (χ1) is 9.60. The fraction of sp³-hybridized carbons (Fsp3) is 0.467. The molecule has 0 bridgehead atoms. The second-order valence-corrected chi connectivity index (χ2v) is 4.86. The van der Waals surface area contributed by atoms with E-state index in [4.69, 9.17) is 9.26 Å². The Morgan fingerprint density at radius 1 is 1.20 bits per heavy atom. The van der Waals surface area contributed by atoms with E-state index >= 15 is 0 Å². The summed E-state index contributed by atoms with van der Waals surface area (Å²) in [5.74, 6) is 2.02. The van der Waals surface area contributed by atoms with Crippen molar-refractivity contribution in [2.75, 3.05) is 6.54 Å². The molecule has 0 aliphatic rings. The van der Waals surface area contributed by atoms with E-state index in [0.29, 0.717) is 18.3 Å². The monoisotopic (exact) mass is 275 g/mol. The van der Waals surface area contributed by atoms with E-state index in [1.165, 1.54) is 5.56 Å². The molecule has 0 atom stereocenters. The summed E-state index contributed by atoms with van der Waals surface area (Å²) in [6.45, 7) is 10.1. The summed E-state index contributed by atoms with van der Waals surface area (Å²) in [6, 6.07) is 4.29. The number of aromatic nitrogens is 2. The first-order valence-corrected chi connectivity index (χ1v) is 6.83. The Kier molecular flexibility index (Phi) is 4.74. The lowest BCUT2D eigenvalue weighted by molar-refractivity contribution is 0.282. The van der Waals surface area contributed by atoms with Crippen molar-refractivity contribution in [1.29, 1.82) is 0 Å². The Balaban J connectivity index is 2.07. The molecule has 0 fully saturated rings. The van der Waals surface area contributed by atoms with Crippen LogP contribution in [0.5, 0.6) is 5.75 Å². The van der Waals surface area contributed by atoms with Gasteiger partial charge in [-0.25, -0.2) is 0 Å². The van der Waals surface area contributed by atoms with Gasteiger partial charge in [0, 0.05) is 13.5 Å². The molecule has 20 heavy (non-hydrogen) atoms. The Morgan fingerprint density at radius 2 is 1.90 bits per heavy atom. The van der Waals surface area contributed by atoms with Crippen LogP contribution in [0.1, 0.15) is 35.3 Å². The van der Waals surface area contributed by atoms with Gasteiger partial charge in [-0.15, -0.1) is 0 Å². The van der Waals surface area contributed by atoms with Crippen LogP contribution in [-0.2, 0) is 13.2 Å². The second kappa shape index (κ2) is 6.52. The highest BCUT2D eigenvalue weighted by atomic mass is 16.5. The summed E-state index contributed by atoms with van der Waals surface area (Å²) in [5, 5.41) is 7.15. The number of aryl methyl sites for hydroxylation is 3.